The molecule has 4 rings (SSSR count). The van der Waals surface area contributed by atoms with Gasteiger partial charge in [-0.05, 0) is 49.1 Å². The third kappa shape index (κ3) is 4.93. The van der Waals surface area contributed by atoms with Crippen molar-refractivity contribution < 1.29 is 32.2 Å². The minimum Gasteiger partial charge on any atom is -0.406 e. The predicted octanol–water partition coefficient (Wildman–Crippen LogP) is 3.68. The second-order valence-electron chi connectivity index (χ2n) is 7.61. The van der Waals surface area contributed by atoms with Gasteiger partial charge in [0.05, 0.1) is 17.8 Å². The van der Waals surface area contributed by atoms with Crippen molar-refractivity contribution in [1.82, 2.24) is 10.3 Å². The van der Waals surface area contributed by atoms with Gasteiger partial charge in [-0.25, -0.2) is 9.78 Å². The number of aromatic nitrogens is 1. The number of fused-ring (bicyclic) bond motifs is 1. The zero-order valence-electron chi connectivity index (χ0n) is 17.1. The number of benzene rings is 1. The molecular weight excluding hydrogens is 429 g/mol. The molecule has 32 heavy (non-hydrogen) atoms. The molecule has 8 nitrogen and oxygen atoms in total. The number of carbonyl (C=O) groups excluding carboxylic acids is 2. The van der Waals surface area contributed by atoms with Gasteiger partial charge in [-0.3, -0.25) is 9.69 Å². The lowest BCUT2D eigenvalue weighted by Crippen LogP contribution is -2.50. The first-order chi connectivity index (χ1) is 15.2. The number of rotatable bonds is 4. The standard InChI is InChI=1S/C21H21F3N4O4/c1-12-9-15-19(25-10-12)28(11-17(29)26-15)20(30)27-18(16-3-2-8-31-16)13-4-6-14(7-5-13)32-21(22,23)24/h4-7,9-10,16,18H,2-3,8,11H2,1H3,(H,26,29)(H,27,30)/t16-,18?/m0/s1. The average molecular weight is 450 g/mol. The summed E-state index contributed by atoms with van der Waals surface area (Å²) in [6, 6.07) is 5.79. The fourth-order valence-electron chi connectivity index (χ4n) is 3.79. The molecule has 0 bridgehead atoms. The average Bonchev–Trinajstić information content (AvgIpc) is 3.25. The Morgan fingerprint density at radius 3 is 2.75 bits per heavy atom. The van der Waals surface area contributed by atoms with Gasteiger partial charge in [0.2, 0.25) is 5.91 Å². The van der Waals surface area contributed by atoms with E-state index in [-0.39, 0.29) is 24.3 Å². The second-order valence-corrected chi connectivity index (χ2v) is 7.61. The summed E-state index contributed by atoms with van der Waals surface area (Å²) in [5.41, 5.74) is 1.81. The number of anilines is 2. The van der Waals surface area contributed by atoms with E-state index in [1.807, 2.05) is 6.92 Å². The maximum atomic E-state index is 13.2. The van der Waals surface area contributed by atoms with E-state index < -0.39 is 18.4 Å². The van der Waals surface area contributed by atoms with E-state index in [0.29, 0.717) is 30.1 Å². The molecule has 2 N–H and O–H groups in total. The topological polar surface area (TPSA) is 92.8 Å². The highest BCUT2D eigenvalue weighted by molar-refractivity contribution is 6.08. The Morgan fingerprint density at radius 1 is 1.34 bits per heavy atom. The van der Waals surface area contributed by atoms with Gasteiger partial charge in [-0.1, -0.05) is 12.1 Å². The van der Waals surface area contributed by atoms with Crippen LogP contribution in [0.2, 0.25) is 0 Å². The smallest absolute Gasteiger partial charge is 0.406 e. The summed E-state index contributed by atoms with van der Waals surface area (Å²) in [5, 5.41) is 5.56. The number of amides is 3. The van der Waals surface area contributed by atoms with E-state index in [1.54, 1.807) is 12.3 Å². The van der Waals surface area contributed by atoms with E-state index in [9.17, 15) is 22.8 Å². The number of alkyl halides is 3. The molecule has 1 fully saturated rings. The number of ether oxygens (including phenoxy) is 2. The Morgan fingerprint density at radius 2 is 2.09 bits per heavy atom. The Balaban J connectivity index is 1.57. The molecule has 2 atom stereocenters. The van der Waals surface area contributed by atoms with E-state index in [1.165, 1.54) is 29.2 Å². The predicted molar refractivity (Wildman–Crippen MR) is 108 cm³/mol. The number of hydrogen-bond donors (Lipinski definition) is 2. The molecule has 2 aliphatic heterocycles. The van der Waals surface area contributed by atoms with Crippen molar-refractivity contribution in [3.05, 3.63) is 47.7 Å². The van der Waals surface area contributed by atoms with Crippen LogP contribution in [0.3, 0.4) is 0 Å². The number of nitrogens with zero attached hydrogens (tertiary/aromatic N) is 2. The zero-order valence-corrected chi connectivity index (χ0v) is 17.1. The van der Waals surface area contributed by atoms with Crippen LogP contribution in [0.15, 0.2) is 36.5 Å². The Hall–Kier alpha value is -3.34. The van der Waals surface area contributed by atoms with Crippen LogP contribution in [-0.4, -0.2) is 42.5 Å². The second kappa shape index (κ2) is 8.65. The lowest BCUT2D eigenvalue weighted by molar-refractivity contribution is -0.274. The van der Waals surface area contributed by atoms with Crippen LogP contribution in [0.25, 0.3) is 0 Å². The number of nitrogens with one attached hydrogen (secondary N) is 2. The fourth-order valence-corrected chi connectivity index (χ4v) is 3.79. The van der Waals surface area contributed by atoms with Crippen molar-refractivity contribution in [2.24, 2.45) is 0 Å². The van der Waals surface area contributed by atoms with E-state index >= 15 is 0 Å². The number of carbonyl (C=O) groups is 2. The van der Waals surface area contributed by atoms with Crippen LogP contribution in [0.4, 0.5) is 29.5 Å². The van der Waals surface area contributed by atoms with Crippen molar-refractivity contribution in [2.75, 3.05) is 23.4 Å². The first kappa shape index (κ1) is 21.9. The van der Waals surface area contributed by atoms with Crippen molar-refractivity contribution in [3.8, 4) is 5.75 Å². The molecule has 1 saturated heterocycles. The summed E-state index contributed by atoms with van der Waals surface area (Å²) in [7, 11) is 0. The van der Waals surface area contributed by atoms with Crippen LogP contribution in [0, 0.1) is 6.92 Å². The zero-order chi connectivity index (χ0) is 22.9. The summed E-state index contributed by atoms with van der Waals surface area (Å²) < 4.78 is 47.0. The van der Waals surface area contributed by atoms with Crippen LogP contribution in [0.1, 0.15) is 30.0 Å². The molecule has 2 aromatic rings. The first-order valence-corrected chi connectivity index (χ1v) is 10.0. The normalized spacial score (nSPS) is 19.2. The minimum absolute atomic E-state index is 0.217. The molecule has 1 aromatic carbocycles. The van der Waals surface area contributed by atoms with Crippen LogP contribution < -0.4 is 20.3 Å². The molecule has 3 amide bonds. The molecule has 0 aliphatic carbocycles. The van der Waals surface area contributed by atoms with Gasteiger partial charge in [0.25, 0.3) is 0 Å². The van der Waals surface area contributed by atoms with Crippen molar-refractivity contribution in [1.29, 1.82) is 0 Å². The Kier molecular flexibility index (Phi) is 5.92. The summed E-state index contributed by atoms with van der Waals surface area (Å²) >= 11 is 0. The number of aryl methyl sites for hydroxylation is 1. The number of halogens is 3. The largest absolute Gasteiger partial charge is 0.573 e. The van der Waals surface area contributed by atoms with Crippen LogP contribution in [-0.2, 0) is 9.53 Å². The van der Waals surface area contributed by atoms with Gasteiger partial charge >= 0.3 is 12.4 Å². The highest BCUT2D eigenvalue weighted by atomic mass is 19.4. The fraction of sp³-hybridized carbons (Fsp3) is 0.381. The Bertz CT molecular complexity index is 1010. The molecule has 170 valence electrons. The van der Waals surface area contributed by atoms with E-state index in [2.05, 4.69) is 20.4 Å². The van der Waals surface area contributed by atoms with Gasteiger partial charge in [0.15, 0.2) is 5.82 Å². The van der Waals surface area contributed by atoms with Gasteiger partial charge in [-0.15, -0.1) is 13.2 Å². The highest BCUT2D eigenvalue weighted by Gasteiger charge is 2.34. The SMILES string of the molecule is Cc1cnc2c(c1)NC(=O)CN2C(=O)NC(c1ccc(OC(F)(F)F)cc1)[C@@H]1CCCO1. The number of pyridine rings is 1. The van der Waals surface area contributed by atoms with Crippen molar-refractivity contribution in [3.63, 3.8) is 0 Å². The van der Waals surface area contributed by atoms with Crippen molar-refractivity contribution in [2.45, 2.75) is 38.3 Å². The molecular formula is C21H21F3N4O4. The molecule has 11 heteroatoms. The molecule has 0 spiro atoms. The van der Waals surface area contributed by atoms with E-state index in [4.69, 9.17) is 4.74 Å². The maximum Gasteiger partial charge on any atom is 0.573 e. The first-order valence-electron chi connectivity index (χ1n) is 10.0. The molecule has 1 unspecified atom stereocenters. The third-order valence-corrected chi connectivity index (χ3v) is 5.17. The highest BCUT2D eigenvalue weighted by Crippen LogP contribution is 2.32. The molecule has 1 aromatic heterocycles. The van der Waals surface area contributed by atoms with Crippen LogP contribution >= 0.6 is 0 Å². The molecule has 0 saturated carbocycles. The Labute approximate surface area is 181 Å². The molecule has 0 radical (unpaired) electrons. The summed E-state index contributed by atoms with van der Waals surface area (Å²) in [5.74, 6) is -0.407. The van der Waals surface area contributed by atoms with E-state index in [0.717, 1.165) is 12.0 Å². The van der Waals surface area contributed by atoms with Gasteiger partial charge in [0.1, 0.15) is 12.3 Å². The molecule has 3 heterocycles. The van der Waals surface area contributed by atoms with Gasteiger partial charge < -0.3 is 20.1 Å². The monoisotopic (exact) mass is 450 g/mol. The van der Waals surface area contributed by atoms with Crippen LogP contribution in [0.5, 0.6) is 5.75 Å². The third-order valence-electron chi connectivity index (χ3n) is 5.17. The van der Waals surface area contributed by atoms with Gasteiger partial charge in [-0.2, -0.15) is 0 Å². The lowest BCUT2D eigenvalue weighted by Gasteiger charge is -2.31. The number of urea groups is 1. The summed E-state index contributed by atoms with van der Waals surface area (Å²) in [4.78, 5) is 30.8. The quantitative estimate of drug-likeness (QED) is 0.742. The molecule has 2 aliphatic rings. The summed E-state index contributed by atoms with van der Waals surface area (Å²) in [6.45, 7) is 2.12. The minimum atomic E-state index is -4.79. The summed E-state index contributed by atoms with van der Waals surface area (Å²) in [6.07, 6.45) is -2.11. The lowest BCUT2D eigenvalue weighted by atomic mass is 9.99. The maximum absolute atomic E-state index is 13.2. The van der Waals surface area contributed by atoms with Gasteiger partial charge in [0, 0.05) is 12.8 Å². The van der Waals surface area contributed by atoms with Crippen molar-refractivity contribution >= 4 is 23.4 Å². The number of hydrogen-bond acceptors (Lipinski definition) is 5.